The van der Waals surface area contributed by atoms with E-state index in [9.17, 15) is 14.4 Å². The number of fused-ring (bicyclic) bond motifs is 1. The minimum Gasteiger partial charge on any atom is -0.347 e. The van der Waals surface area contributed by atoms with Crippen LogP contribution in [0.3, 0.4) is 0 Å². The number of carbonyl (C=O) groups excluding carboxylic acids is 3. The minimum atomic E-state index is -0.153. The van der Waals surface area contributed by atoms with Gasteiger partial charge in [-0.2, -0.15) is 0 Å². The van der Waals surface area contributed by atoms with Gasteiger partial charge in [-0.25, -0.2) is 0 Å². The molecule has 2 aliphatic rings. The van der Waals surface area contributed by atoms with E-state index in [1.807, 2.05) is 47.4 Å². The number of benzene rings is 2. The molecule has 2 fully saturated rings. The second kappa shape index (κ2) is 9.92. The molecule has 31 heavy (non-hydrogen) atoms. The smallest absolute Gasteiger partial charge is 0.242 e. The van der Waals surface area contributed by atoms with Gasteiger partial charge in [0.2, 0.25) is 17.7 Å². The molecule has 1 N–H and O–H groups in total. The summed E-state index contributed by atoms with van der Waals surface area (Å²) in [5.41, 5.74) is 0.958. The molecule has 7 nitrogen and oxygen atoms in total. The van der Waals surface area contributed by atoms with Gasteiger partial charge < -0.3 is 15.1 Å². The number of hydrogen-bond donors (Lipinski definition) is 1. The predicted octanol–water partition coefficient (Wildman–Crippen LogP) is 1.27. The Morgan fingerprint density at radius 3 is 2.23 bits per heavy atom. The van der Waals surface area contributed by atoms with Crippen LogP contribution in [0.4, 0.5) is 0 Å². The lowest BCUT2D eigenvalue weighted by molar-refractivity contribution is -0.135. The zero-order chi connectivity index (χ0) is 21.6. The summed E-state index contributed by atoms with van der Waals surface area (Å²) >= 11 is 0. The van der Waals surface area contributed by atoms with Crippen LogP contribution in [0.15, 0.2) is 42.5 Å². The van der Waals surface area contributed by atoms with Gasteiger partial charge in [0.15, 0.2) is 0 Å². The maximum absolute atomic E-state index is 12.5. The zero-order valence-electron chi connectivity index (χ0n) is 17.9. The van der Waals surface area contributed by atoms with Gasteiger partial charge in [0.05, 0.1) is 19.5 Å². The molecule has 2 aliphatic heterocycles. The van der Waals surface area contributed by atoms with Crippen molar-refractivity contribution in [1.29, 1.82) is 0 Å². The lowest BCUT2D eigenvalue weighted by Gasteiger charge is -2.35. The van der Waals surface area contributed by atoms with Gasteiger partial charge in [0, 0.05) is 39.3 Å². The van der Waals surface area contributed by atoms with Gasteiger partial charge in [-0.1, -0.05) is 42.5 Å². The highest BCUT2D eigenvalue weighted by Crippen LogP contribution is 2.18. The topological polar surface area (TPSA) is 73.0 Å². The highest BCUT2D eigenvalue weighted by atomic mass is 16.2. The first-order chi connectivity index (χ1) is 15.1. The molecular weight excluding hydrogens is 392 g/mol. The summed E-state index contributed by atoms with van der Waals surface area (Å²) < 4.78 is 0. The third kappa shape index (κ3) is 5.41. The van der Waals surface area contributed by atoms with E-state index in [0.717, 1.165) is 42.3 Å². The van der Waals surface area contributed by atoms with Crippen molar-refractivity contribution in [1.82, 2.24) is 20.0 Å². The Morgan fingerprint density at radius 1 is 0.774 bits per heavy atom. The van der Waals surface area contributed by atoms with E-state index in [1.165, 1.54) is 0 Å². The van der Waals surface area contributed by atoms with Crippen LogP contribution in [-0.2, 0) is 20.8 Å². The van der Waals surface area contributed by atoms with Gasteiger partial charge in [0.1, 0.15) is 0 Å². The van der Waals surface area contributed by atoms with Crippen molar-refractivity contribution < 1.29 is 14.4 Å². The molecule has 0 radical (unpaired) electrons. The summed E-state index contributed by atoms with van der Waals surface area (Å²) in [7, 11) is 0. The average Bonchev–Trinajstić information content (AvgIpc) is 3.33. The molecular formula is C24H30N4O3. The maximum atomic E-state index is 12.5. The molecule has 2 heterocycles. The summed E-state index contributed by atoms with van der Waals surface area (Å²) in [5, 5.41) is 4.93. The fourth-order valence-corrected chi connectivity index (χ4v) is 4.38. The number of carbonyl (C=O) groups is 3. The van der Waals surface area contributed by atoms with E-state index in [-0.39, 0.29) is 30.7 Å². The first-order valence-corrected chi connectivity index (χ1v) is 11.1. The monoisotopic (exact) mass is 422 g/mol. The molecule has 3 amide bonds. The first kappa shape index (κ1) is 21.3. The van der Waals surface area contributed by atoms with Crippen molar-refractivity contribution in [3.63, 3.8) is 0 Å². The minimum absolute atomic E-state index is 0.0102. The van der Waals surface area contributed by atoms with Crippen molar-refractivity contribution in [2.45, 2.75) is 19.3 Å². The summed E-state index contributed by atoms with van der Waals surface area (Å²) in [4.78, 5) is 43.0. The lowest BCUT2D eigenvalue weighted by Crippen LogP contribution is -2.53. The van der Waals surface area contributed by atoms with E-state index in [4.69, 9.17) is 0 Å². The molecule has 0 bridgehead atoms. The van der Waals surface area contributed by atoms with E-state index in [2.05, 4.69) is 10.2 Å². The Morgan fingerprint density at radius 2 is 1.45 bits per heavy atom. The molecule has 4 rings (SSSR count). The second-order valence-corrected chi connectivity index (χ2v) is 8.34. The third-order valence-electron chi connectivity index (χ3n) is 6.21. The lowest BCUT2D eigenvalue weighted by atomic mass is 10.0. The average molecular weight is 423 g/mol. The molecule has 7 heteroatoms. The Kier molecular flexibility index (Phi) is 6.82. The number of likely N-dealkylation sites (tertiary alicyclic amines) is 1. The quantitative estimate of drug-likeness (QED) is 0.761. The molecule has 2 saturated heterocycles. The molecule has 0 spiro atoms. The second-order valence-electron chi connectivity index (χ2n) is 8.34. The van der Waals surface area contributed by atoms with Gasteiger partial charge in [0.25, 0.3) is 0 Å². The predicted molar refractivity (Wildman–Crippen MR) is 119 cm³/mol. The highest BCUT2D eigenvalue weighted by molar-refractivity contribution is 5.91. The van der Waals surface area contributed by atoms with Crippen molar-refractivity contribution >= 4 is 28.5 Å². The fraction of sp³-hybridized carbons (Fsp3) is 0.458. The summed E-state index contributed by atoms with van der Waals surface area (Å²) in [5.74, 6) is -0.0330. The Labute approximate surface area is 183 Å². The van der Waals surface area contributed by atoms with Gasteiger partial charge in [-0.15, -0.1) is 0 Å². The normalized spacial score (nSPS) is 17.2. The molecule has 2 aromatic carbocycles. The Hall–Kier alpha value is -2.93. The summed E-state index contributed by atoms with van der Waals surface area (Å²) in [6, 6.07) is 13.9. The standard InChI is InChI=1S/C24H30N4O3/c29-22(16-20-8-5-7-19-6-1-2-9-21(19)20)25-17-23(30)28-14-12-26(13-15-28)18-24(31)27-10-3-4-11-27/h1-2,5-9H,3-4,10-18H2,(H,25,29). The largest absolute Gasteiger partial charge is 0.347 e. The number of rotatable bonds is 6. The number of piperazine rings is 1. The zero-order valence-corrected chi connectivity index (χ0v) is 17.9. The maximum Gasteiger partial charge on any atom is 0.242 e. The van der Waals surface area contributed by atoms with E-state index >= 15 is 0 Å². The molecule has 0 saturated carbocycles. The van der Waals surface area contributed by atoms with Crippen LogP contribution < -0.4 is 5.32 Å². The van der Waals surface area contributed by atoms with E-state index in [1.54, 1.807) is 4.90 Å². The molecule has 0 aliphatic carbocycles. The van der Waals surface area contributed by atoms with Crippen molar-refractivity contribution in [3.8, 4) is 0 Å². The van der Waals surface area contributed by atoms with Gasteiger partial charge in [-0.3, -0.25) is 19.3 Å². The van der Waals surface area contributed by atoms with Crippen LogP contribution in [0.25, 0.3) is 10.8 Å². The van der Waals surface area contributed by atoms with Crippen LogP contribution in [-0.4, -0.2) is 84.8 Å². The van der Waals surface area contributed by atoms with Crippen LogP contribution >= 0.6 is 0 Å². The number of amides is 3. The van der Waals surface area contributed by atoms with Crippen LogP contribution in [0.5, 0.6) is 0 Å². The van der Waals surface area contributed by atoms with Crippen LogP contribution in [0, 0.1) is 0 Å². The molecule has 0 aromatic heterocycles. The van der Waals surface area contributed by atoms with Gasteiger partial charge >= 0.3 is 0 Å². The molecule has 2 aromatic rings. The Bertz CT molecular complexity index is 941. The number of hydrogen-bond acceptors (Lipinski definition) is 4. The summed E-state index contributed by atoms with van der Waals surface area (Å²) in [6.45, 7) is 4.74. The third-order valence-corrected chi connectivity index (χ3v) is 6.21. The van der Waals surface area contributed by atoms with E-state index in [0.29, 0.717) is 32.7 Å². The van der Waals surface area contributed by atoms with Crippen LogP contribution in [0.1, 0.15) is 18.4 Å². The van der Waals surface area contributed by atoms with Crippen molar-refractivity contribution in [2.75, 3.05) is 52.4 Å². The Balaban J connectivity index is 1.20. The van der Waals surface area contributed by atoms with E-state index < -0.39 is 0 Å². The van der Waals surface area contributed by atoms with Crippen molar-refractivity contribution in [2.24, 2.45) is 0 Å². The highest BCUT2D eigenvalue weighted by Gasteiger charge is 2.25. The fourth-order valence-electron chi connectivity index (χ4n) is 4.38. The van der Waals surface area contributed by atoms with Crippen LogP contribution in [0.2, 0.25) is 0 Å². The molecule has 0 atom stereocenters. The SMILES string of the molecule is O=C(Cc1cccc2ccccc12)NCC(=O)N1CCN(CC(=O)N2CCCC2)CC1. The van der Waals surface area contributed by atoms with Gasteiger partial charge in [-0.05, 0) is 29.2 Å². The summed E-state index contributed by atoms with van der Waals surface area (Å²) in [6.07, 6.45) is 2.45. The molecule has 164 valence electrons. The number of nitrogens with zero attached hydrogens (tertiary/aromatic N) is 3. The first-order valence-electron chi connectivity index (χ1n) is 11.1. The number of nitrogens with one attached hydrogen (secondary N) is 1. The van der Waals surface area contributed by atoms with Crippen molar-refractivity contribution in [3.05, 3.63) is 48.0 Å². The molecule has 0 unspecified atom stereocenters.